The average Bonchev–Trinajstić information content (AvgIpc) is 2.67. The van der Waals surface area contributed by atoms with Gasteiger partial charge in [-0.25, -0.2) is 0 Å². The van der Waals surface area contributed by atoms with Crippen molar-refractivity contribution in [1.82, 2.24) is 9.88 Å². The van der Waals surface area contributed by atoms with Crippen molar-refractivity contribution in [2.45, 2.75) is 19.9 Å². The first-order valence-electron chi connectivity index (χ1n) is 9.54. The van der Waals surface area contributed by atoms with Gasteiger partial charge >= 0.3 is 0 Å². The van der Waals surface area contributed by atoms with Crippen LogP contribution >= 0.6 is 0 Å². The first kappa shape index (κ1) is 18.2. The maximum absolute atomic E-state index is 12.5. The molecule has 2 aromatic carbocycles. The Balaban J connectivity index is 1.48. The van der Waals surface area contributed by atoms with Crippen molar-refractivity contribution >= 4 is 17.3 Å². The van der Waals surface area contributed by atoms with Crippen molar-refractivity contribution in [3.8, 4) is 11.3 Å². The molecule has 142 valence electrons. The van der Waals surface area contributed by atoms with Crippen LogP contribution in [0.2, 0.25) is 0 Å². The van der Waals surface area contributed by atoms with Gasteiger partial charge in [0, 0.05) is 23.9 Å². The Bertz CT molecular complexity index is 994. The number of anilines is 2. The molecule has 2 heterocycles. The number of aryl methyl sites for hydroxylation is 1. The molecule has 0 atom stereocenters. The second-order valence-electron chi connectivity index (χ2n) is 7.26. The van der Waals surface area contributed by atoms with E-state index in [0.29, 0.717) is 16.9 Å². The van der Waals surface area contributed by atoms with E-state index < -0.39 is 0 Å². The van der Waals surface area contributed by atoms with E-state index in [1.54, 1.807) is 12.1 Å². The zero-order chi connectivity index (χ0) is 19.5. The monoisotopic (exact) mass is 372 g/mol. The molecule has 0 radical (unpaired) electrons. The Kier molecular flexibility index (Phi) is 5.08. The number of nitrogens with two attached hydrogens (primary N) is 1. The number of hydrogen-bond acceptors (Lipinski definition) is 4. The van der Waals surface area contributed by atoms with E-state index in [-0.39, 0.29) is 5.91 Å². The standard InChI is InChI=1S/C23H24N4O/c1-16-13-17(15-27-11-4-12-27)14-25-22(16)18-7-9-19(10-8-18)23(28)26-21-6-3-2-5-20(21)24/h2-3,5-10,13-14H,4,11-12,15,24H2,1H3,(H,26,28). The van der Waals surface area contributed by atoms with Gasteiger partial charge in [-0.15, -0.1) is 0 Å². The van der Waals surface area contributed by atoms with Crippen LogP contribution in [0.15, 0.2) is 60.8 Å². The van der Waals surface area contributed by atoms with Crippen molar-refractivity contribution in [2.75, 3.05) is 24.1 Å². The molecule has 1 aliphatic rings. The van der Waals surface area contributed by atoms with Crippen molar-refractivity contribution < 1.29 is 4.79 Å². The van der Waals surface area contributed by atoms with Gasteiger partial charge in [0.25, 0.3) is 5.91 Å². The molecule has 28 heavy (non-hydrogen) atoms. The molecule has 1 fully saturated rings. The largest absolute Gasteiger partial charge is 0.397 e. The normalized spacial score (nSPS) is 13.8. The van der Waals surface area contributed by atoms with Gasteiger partial charge in [0.15, 0.2) is 0 Å². The zero-order valence-electron chi connectivity index (χ0n) is 16.0. The Morgan fingerprint density at radius 1 is 1.14 bits per heavy atom. The van der Waals surface area contributed by atoms with E-state index in [4.69, 9.17) is 5.73 Å². The number of carbonyl (C=O) groups excluding carboxylic acids is 1. The minimum absolute atomic E-state index is 0.181. The summed E-state index contributed by atoms with van der Waals surface area (Å²) < 4.78 is 0. The number of nitrogens with one attached hydrogen (secondary N) is 1. The van der Waals surface area contributed by atoms with Gasteiger partial charge in [0.1, 0.15) is 0 Å². The SMILES string of the molecule is Cc1cc(CN2CCC2)cnc1-c1ccc(C(=O)Nc2ccccc2N)cc1. The maximum Gasteiger partial charge on any atom is 0.255 e. The highest BCUT2D eigenvalue weighted by Gasteiger charge is 2.15. The number of likely N-dealkylation sites (tertiary alicyclic amines) is 1. The molecule has 1 saturated heterocycles. The molecule has 1 amide bonds. The number of nitrogen functional groups attached to an aromatic ring is 1. The number of nitrogens with zero attached hydrogens (tertiary/aromatic N) is 2. The molecule has 0 aliphatic carbocycles. The smallest absolute Gasteiger partial charge is 0.255 e. The number of rotatable bonds is 5. The molecule has 3 aromatic rings. The lowest BCUT2D eigenvalue weighted by molar-refractivity contribution is 0.102. The summed E-state index contributed by atoms with van der Waals surface area (Å²) in [6.45, 7) is 5.41. The third-order valence-corrected chi connectivity index (χ3v) is 5.12. The summed E-state index contributed by atoms with van der Waals surface area (Å²) in [5.41, 5.74) is 12.0. The van der Waals surface area contributed by atoms with Crippen LogP contribution < -0.4 is 11.1 Å². The summed E-state index contributed by atoms with van der Waals surface area (Å²) in [5, 5.41) is 2.85. The van der Waals surface area contributed by atoms with Gasteiger partial charge < -0.3 is 11.1 Å². The summed E-state index contributed by atoms with van der Waals surface area (Å²) in [4.78, 5) is 19.6. The molecule has 0 bridgehead atoms. The van der Waals surface area contributed by atoms with E-state index >= 15 is 0 Å². The quantitative estimate of drug-likeness (QED) is 0.662. The van der Waals surface area contributed by atoms with E-state index in [1.807, 2.05) is 42.6 Å². The second kappa shape index (κ2) is 7.82. The van der Waals surface area contributed by atoms with Gasteiger partial charge in [0.2, 0.25) is 0 Å². The maximum atomic E-state index is 12.5. The fourth-order valence-electron chi connectivity index (χ4n) is 3.40. The average molecular weight is 372 g/mol. The number of aromatic nitrogens is 1. The number of benzene rings is 2. The Hall–Kier alpha value is -3.18. The Morgan fingerprint density at radius 2 is 1.89 bits per heavy atom. The number of carbonyl (C=O) groups is 1. The number of pyridine rings is 1. The van der Waals surface area contributed by atoms with Crippen LogP contribution in [0, 0.1) is 6.92 Å². The lowest BCUT2D eigenvalue weighted by Gasteiger charge is -2.30. The molecular formula is C23H24N4O. The highest BCUT2D eigenvalue weighted by molar-refractivity contribution is 6.05. The van der Waals surface area contributed by atoms with E-state index in [0.717, 1.165) is 23.4 Å². The highest BCUT2D eigenvalue weighted by atomic mass is 16.1. The number of para-hydroxylation sites is 2. The van der Waals surface area contributed by atoms with Gasteiger partial charge in [-0.3, -0.25) is 14.7 Å². The lowest BCUT2D eigenvalue weighted by Crippen LogP contribution is -2.36. The van der Waals surface area contributed by atoms with Crippen LogP contribution in [0.5, 0.6) is 0 Å². The molecule has 0 unspecified atom stereocenters. The van der Waals surface area contributed by atoms with Crippen molar-refractivity contribution in [1.29, 1.82) is 0 Å². The van der Waals surface area contributed by atoms with Crippen LogP contribution in [0.4, 0.5) is 11.4 Å². The molecule has 0 saturated carbocycles. The molecule has 4 rings (SSSR count). The third kappa shape index (κ3) is 3.89. The fraction of sp³-hybridized carbons (Fsp3) is 0.217. The minimum atomic E-state index is -0.181. The molecule has 5 heteroatoms. The van der Waals surface area contributed by atoms with Crippen molar-refractivity contribution in [3.63, 3.8) is 0 Å². The third-order valence-electron chi connectivity index (χ3n) is 5.12. The zero-order valence-corrected chi connectivity index (χ0v) is 16.0. The van der Waals surface area contributed by atoms with Crippen LogP contribution in [0.3, 0.4) is 0 Å². The molecule has 5 nitrogen and oxygen atoms in total. The predicted octanol–water partition coefficient (Wildman–Crippen LogP) is 4.10. The highest BCUT2D eigenvalue weighted by Crippen LogP contribution is 2.24. The Labute approximate surface area is 165 Å². The summed E-state index contributed by atoms with van der Waals surface area (Å²) in [6, 6.07) is 17.0. The van der Waals surface area contributed by atoms with Crippen molar-refractivity contribution in [2.24, 2.45) is 0 Å². The van der Waals surface area contributed by atoms with Crippen molar-refractivity contribution in [3.05, 3.63) is 77.5 Å². The van der Waals surface area contributed by atoms with E-state index in [2.05, 4.69) is 28.2 Å². The molecule has 3 N–H and O–H groups in total. The summed E-state index contributed by atoms with van der Waals surface area (Å²) in [5.74, 6) is -0.181. The molecule has 1 aromatic heterocycles. The van der Waals surface area contributed by atoms with Gasteiger partial charge in [-0.2, -0.15) is 0 Å². The lowest BCUT2D eigenvalue weighted by atomic mass is 10.0. The summed E-state index contributed by atoms with van der Waals surface area (Å²) in [7, 11) is 0. The second-order valence-corrected chi connectivity index (χ2v) is 7.26. The molecular weight excluding hydrogens is 348 g/mol. The van der Waals surface area contributed by atoms with E-state index in [1.165, 1.54) is 25.1 Å². The van der Waals surface area contributed by atoms with Gasteiger partial charge in [-0.1, -0.05) is 30.3 Å². The molecule has 1 aliphatic heterocycles. The minimum Gasteiger partial charge on any atom is -0.397 e. The summed E-state index contributed by atoms with van der Waals surface area (Å²) >= 11 is 0. The Morgan fingerprint density at radius 3 is 2.54 bits per heavy atom. The summed E-state index contributed by atoms with van der Waals surface area (Å²) in [6.07, 6.45) is 3.25. The topological polar surface area (TPSA) is 71.2 Å². The van der Waals surface area contributed by atoms with Crippen LogP contribution in [-0.2, 0) is 6.54 Å². The van der Waals surface area contributed by atoms with Crippen LogP contribution in [0.25, 0.3) is 11.3 Å². The first-order chi connectivity index (χ1) is 13.6. The van der Waals surface area contributed by atoms with Crippen LogP contribution in [0.1, 0.15) is 27.9 Å². The van der Waals surface area contributed by atoms with Gasteiger partial charge in [0.05, 0.1) is 17.1 Å². The van der Waals surface area contributed by atoms with Crippen LogP contribution in [-0.4, -0.2) is 28.9 Å². The predicted molar refractivity (Wildman–Crippen MR) is 113 cm³/mol. The number of hydrogen-bond donors (Lipinski definition) is 2. The fourth-order valence-corrected chi connectivity index (χ4v) is 3.40. The number of amides is 1. The van der Waals surface area contributed by atoms with E-state index in [9.17, 15) is 4.79 Å². The van der Waals surface area contributed by atoms with Gasteiger partial charge in [-0.05, 0) is 61.8 Å². The molecule has 0 spiro atoms. The first-order valence-corrected chi connectivity index (χ1v) is 9.54.